The van der Waals surface area contributed by atoms with Crippen molar-refractivity contribution >= 4 is 32.4 Å². The first-order valence-corrected chi connectivity index (χ1v) is 16.0. The molecule has 1 saturated carbocycles. The number of furan rings is 1. The van der Waals surface area contributed by atoms with Crippen molar-refractivity contribution in [1.82, 2.24) is 15.7 Å². The Morgan fingerprint density at radius 2 is 1.68 bits per heavy atom. The SMILES string of the molecule is O=C(NCc1ccc(S(=O)(=O)c2cccc(N3NCCC34CCCCCCCC4)c2)cc1)c1cc2ccncc2o1. The standard InChI is InChI=1S/C32H36N4O4S/c37-31(29-20-25-14-18-33-23-30(25)40-29)34-22-24-10-12-27(13-11-24)41(38,39)28-9-7-8-26(21-28)36-32(17-19-35-36)15-5-3-1-2-4-6-16-32/h7-14,18,20-21,23,35H,1-6,15-17,19,22H2,(H,34,37). The second-order valence-corrected chi connectivity index (χ2v) is 13.1. The fourth-order valence-electron chi connectivity index (χ4n) is 6.24. The van der Waals surface area contributed by atoms with Crippen LogP contribution in [0.25, 0.3) is 11.0 Å². The Kier molecular flexibility index (Phi) is 7.81. The molecule has 0 unspecified atom stereocenters. The molecule has 1 saturated heterocycles. The molecular formula is C32H36N4O4S. The van der Waals surface area contributed by atoms with Crippen LogP contribution >= 0.6 is 0 Å². The van der Waals surface area contributed by atoms with Crippen LogP contribution in [0, 0.1) is 0 Å². The second kappa shape index (κ2) is 11.7. The van der Waals surface area contributed by atoms with Crippen molar-refractivity contribution < 1.29 is 17.6 Å². The average Bonchev–Trinajstić information content (AvgIpc) is 3.64. The van der Waals surface area contributed by atoms with Crippen LogP contribution in [-0.4, -0.2) is 31.4 Å². The first kappa shape index (κ1) is 27.5. The predicted octanol–water partition coefficient (Wildman–Crippen LogP) is 6.18. The number of carbonyl (C=O) groups is 1. The van der Waals surface area contributed by atoms with Crippen molar-refractivity contribution in [3.8, 4) is 0 Å². The van der Waals surface area contributed by atoms with E-state index in [0.717, 1.165) is 42.4 Å². The summed E-state index contributed by atoms with van der Waals surface area (Å²) in [4.78, 5) is 17.1. The first-order chi connectivity index (χ1) is 19.9. The zero-order valence-corrected chi connectivity index (χ0v) is 24.0. The van der Waals surface area contributed by atoms with Crippen molar-refractivity contribution in [2.24, 2.45) is 0 Å². The highest BCUT2D eigenvalue weighted by Crippen LogP contribution is 2.39. The number of amides is 1. The van der Waals surface area contributed by atoms with E-state index in [1.807, 2.05) is 12.1 Å². The molecule has 1 aliphatic carbocycles. The van der Waals surface area contributed by atoms with Gasteiger partial charge in [-0.15, -0.1) is 0 Å². The third kappa shape index (κ3) is 5.74. The van der Waals surface area contributed by atoms with Gasteiger partial charge >= 0.3 is 0 Å². The third-order valence-corrected chi connectivity index (χ3v) is 10.3. The second-order valence-electron chi connectivity index (χ2n) is 11.2. The van der Waals surface area contributed by atoms with Gasteiger partial charge in [0.2, 0.25) is 9.84 Å². The minimum atomic E-state index is -3.72. The number of hydrogen-bond acceptors (Lipinski definition) is 7. The van der Waals surface area contributed by atoms with Crippen molar-refractivity contribution in [3.63, 3.8) is 0 Å². The van der Waals surface area contributed by atoms with Crippen LogP contribution in [-0.2, 0) is 16.4 Å². The molecule has 0 bridgehead atoms. The molecule has 6 rings (SSSR count). The molecule has 2 aliphatic rings. The molecule has 41 heavy (non-hydrogen) atoms. The number of pyridine rings is 1. The Labute approximate surface area is 241 Å². The monoisotopic (exact) mass is 572 g/mol. The summed E-state index contributed by atoms with van der Waals surface area (Å²) in [5, 5.41) is 5.90. The molecule has 1 aliphatic heterocycles. The summed E-state index contributed by atoms with van der Waals surface area (Å²) in [5.74, 6) is -0.140. The van der Waals surface area contributed by atoms with Crippen LogP contribution in [0.15, 0.2) is 87.3 Å². The lowest BCUT2D eigenvalue weighted by Crippen LogP contribution is -2.48. The van der Waals surface area contributed by atoms with E-state index in [4.69, 9.17) is 4.42 Å². The van der Waals surface area contributed by atoms with Crippen LogP contribution < -0.4 is 15.8 Å². The van der Waals surface area contributed by atoms with Gasteiger partial charge in [-0.3, -0.25) is 9.78 Å². The van der Waals surface area contributed by atoms with Crippen LogP contribution in [0.1, 0.15) is 73.9 Å². The number of carbonyl (C=O) groups excluding carboxylic acids is 1. The largest absolute Gasteiger partial charge is 0.449 e. The van der Waals surface area contributed by atoms with Crippen molar-refractivity contribution in [3.05, 3.63) is 84.4 Å². The minimum Gasteiger partial charge on any atom is -0.449 e. The number of nitrogens with one attached hydrogen (secondary N) is 2. The molecule has 2 aromatic carbocycles. The van der Waals surface area contributed by atoms with Gasteiger partial charge in [0, 0.05) is 24.7 Å². The number of aromatic nitrogens is 1. The summed E-state index contributed by atoms with van der Waals surface area (Å²) in [6, 6.07) is 17.4. The smallest absolute Gasteiger partial charge is 0.287 e. The van der Waals surface area contributed by atoms with Gasteiger partial charge < -0.3 is 14.7 Å². The molecule has 2 N–H and O–H groups in total. The molecule has 4 aromatic rings. The van der Waals surface area contributed by atoms with Crippen LogP contribution in [0.5, 0.6) is 0 Å². The van der Waals surface area contributed by atoms with Gasteiger partial charge in [-0.2, -0.15) is 0 Å². The summed E-state index contributed by atoms with van der Waals surface area (Å²) < 4.78 is 32.8. The zero-order valence-electron chi connectivity index (χ0n) is 23.1. The van der Waals surface area contributed by atoms with E-state index >= 15 is 0 Å². The zero-order chi connectivity index (χ0) is 28.3. The van der Waals surface area contributed by atoms with E-state index in [2.05, 4.69) is 20.7 Å². The van der Waals surface area contributed by atoms with Gasteiger partial charge in [0.15, 0.2) is 11.3 Å². The highest BCUT2D eigenvalue weighted by atomic mass is 32.2. The van der Waals surface area contributed by atoms with Crippen molar-refractivity contribution in [2.45, 2.75) is 79.7 Å². The number of sulfone groups is 1. The summed E-state index contributed by atoms with van der Waals surface area (Å²) in [6.45, 7) is 1.15. The summed E-state index contributed by atoms with van der Waals surface area (Å²) in [7, 11) is -3.72. The number of hydrogen-bond donors (Lipinski definition) is 2. The van der Waals surface area contributed by atoms with Crippen molar-refractivity contribution in [2.75, 3.05) is 11.6 Å². The highest BCUT2D eigenvalue weighted by molar-refractivity contribution is 7.91. The maximum Gasteiger partial charge on any atom is 0.287 e. The topological polar surface area (TPSA) is 105 Å². The Bertz CT molecular complexity index is 1590. The Morgan fingerprint density at radius 3 is 2.44 bits per heavy atom. The van der Waals surface area contributed by atoms with Gasteiger partial charge in [-0.05, 0) is 67.3 Å². The van der Waals surface area contributed by atoms with Gasteiger partial charge in [0.1, 0.15) is 0 Å². The molecule has 1 amide bonds. The minimum absolute atomic E-state index is 0.0398. The molecular weight excluding hydrogens is 536 g/mol. The van der Waals surface area contributed by atoms with Gasteiger partial charge in [-0.1, -0.05) is 56.7 Å². The van der Waals surface area contributed by atoms with Gasteiger partial charge in [-0.25, -0.2) is 13.8 Å². The molecule has 214 valence electrons. The van der Waals surface area contributed by atoms with Crippen LogP contribution in [0.4, 0.5) is 5.69 Å². The van der Waals surface area contributed by atoms with Gasteiger partial charge in [0.05, 0.1) is 27.2 Å². The summed E-state index contributed by atoms with van der Waals surface area (Å²) >= 11 is 0. The van der Waals surface area contributed by atoms with E-state index in [0.29, 0.717) is 5.58 Å². The summed E-state index contributed by atoms with van der Waals surface area (Å²) in [6.07, 6.45) is 14.1. The molecule has 0 radical (unpaired) electrons. The predicted molar refractivity (Wildman–Crippen MR) is 158 cm³/mol. The molecule has 2 fully saturated rings. The normalized spacial score (nSPS) is 17.7. The molecule has 9 heteroatoms. The maximum atomic E-state index is 13.6. The van der Waals surface area contributed by atoms with Gasteiger partial charge in [0.25, 0.3) is 5.91 Å². The lowest BCUT2D eigenvalue weighted by Gasteiger charge is -2.40. The van der Waals surface area contributed by atoms with E-state index in [1.165, 1.54) is 38.5 Å². The lowest BCUT2D eigenvalue weighted by atomic mass is 9.85. The first-order valence-electron chi connectivity index (χ1n) is 14.5. The molecule has 1 spiro atoms. The van der Waals surface area contributed by atoms with E-state index in [1.54, 1.807) is 60.9 Å². The molecule has 0 atom stereocenters. The maximum absolute atomic E-state index is 13.6. The van der Waals surface area contributed by atoms with E-state index in [9.17, 15) is 13.2 Å². The fraction of sp³-hybridized carbons (Fsp3) is 0.375. The molecule has 3 heterocycles. The van der Waals surface area contributed by atoms with E-state index in [-0.39, 0.29) is 33.5 Å². The Morgan fingerprint density at radius 1 is 0.927 bits per heavy atom. The third-order valence-electron chi connectivity index (χ3n) is 8.49. The fourth-order valence-corrected chi connectivity index (χ4v) is 7.54. The summed E-state index contributed by atoms with van der Waals surface area (Å²) in [5.41, 5.74) is 5.84. The average molecular weight is 573 g/mol. The van der Waals surface area contributed by atoms with Crippen molar-refractivity contribution in [1.29, 1.82) is 0 Å². The van der Waals surface area contributed by atoms with Crippen LogP contribution in [0.3, 0.4) is 0 Å². The Hall–Kier alpha value is -3.69. The van der Waals surface area contributed by atoms with E-state index < -0.39 is 9.84 Å². The molecule has 2 aromatic heterocycles. The number of benzene rings is 2. The lowest BCUT2D eigenvalue weighted by molar-refractivity contribution is 0.0925. The Balaban J connectivity index is 1.16. The number of hydrazine groups is 1. The number of rotatable bonds is 6. The van der Waals surface area contributed by atoms with Crippen LogP contribution in [0.2, 0.25) is 0 Å². The molecule has 8 nitrogen and oxygen atoms in total. The quantitative estimate of drug-likeness (QED) is 0.284. The number of fused-ring (bicyclic) bond motifs is 1. The number of anilines is 1. The highest BCUT2D eigenvalue weighted by Gasteiger charge is 2.40. The number of nitrogens with zero attached hydrogens (tertiary/aromatic N) is 2.